The van der Waals surface area contributed by atoms with E-state index in [4.69, 9.17) is 0 Å². The van der Waals surface area contributed by atoms with Gasteiger partial charge in [-0.3, -0.25) is 14.4 Å². The van der Waals surface area contributed by atoms with Crippen molar-refractivity contribution >= 4 is 33.2 Å². The lowest BCUT2D eigenvalue weighted by molar-refractivity contribution is -0.120. The molecule has 2 heterocycles. The summed E-state index contributed by atoms with van der Waals surface area (Å²) in [5, 5.41) is 5.86. The Bertz CT molecular complexity index is 2010. The number of fused-ring (bicyclic) bond motifs is 2. The Morgan fingerprint density at radius 2 is 1.53 bits per heavy atom. The van der Waals surface area contributed by atoms with Crippen LogP contribution >= 0.6 is 0 Å². The van der Waals surface area contributed by atoms with Crippen LogP contribution in [-0.2, 0) is 34.0 Å². The summed E-state index contributed by atoms with van der Waals surface area (Å²) in [5.74, 6) is -0.104. The second-order valence-corrected chi connectivity index (χ2v) is 16.0. The molecule has 2 N–H and O–H groups in total. The van der Waals surface area contributed by atoms with Gasteiger partial charge in [-0.2, -0.15) is 0 Å². The largest absolute Gasteiger partial charge is 0.355 e. The maximum absolute atomic E-state index is 14.2. The van der Waals surface area contributed by atoms with E-state index in [-0.39, 0.29) is 45.8 Å². The first kappa shape index (κ1) is 37.9. The summed E-state index contributed by atoms with van der Waals surface area (Å²) in [6.45, 7) is 4.83. The van der Waals surface area contributed by atoms with Crippen molar-refractivity contribution in [3.8, 4) is 0 Å². The average molecular weight is 736 g/mol. The minimum atomic E-state index is -4.08. The summed E-state index contributed by atoms with van der Waals surface area (Å²) < 4.78 is 28.0. The van der Waals surface area contributed by atoms with E-state index < -0.39 is 15.7 Å². The quantitative estimate of drug-likeness (QED) is 0.176. The van der Waals surface area contributed by atoms with E-state index in [9.17, 15) is 22.8 Å². The molecule has 3 amide bonds. The Labute approximate surface area is 313 Å². The molecule has 0 bridgehead atoms. The first-order valence-electron chi connectivity index (χ1n) is 18.4. The predicted octanol–water partition coefficient (Wildman–Crippen LogP) is 4.97. The van der Waals surface area contributed by atoms with Gasteiger partial charge in [0.15, 0.2) is 0 Å². The molecule has 1 saturated heterocycles. The monoisotopic (exact) mass is 735 g/mol. The predicted molar refractivity (Wildman–Crippen MR) is 207 cm³/mol. The van der Waals surface area contributed by atoms with E-state index in [1.165, 1.54) is 47.6 Å². The second-order valence-electron chi connectivity index (χ2n) is 14.1. The Balaban J connectivity index is 1.14. The third-order valence-corrected chi connectivity index (χ3v) is 12.1. The van der Waals surface area contributed by atoms with Gasteiger partial charge in [0.25, 0.3) is 11.8 Å². The fraction of sp³-hybridized carbons (Fsp3) is 0.357. The van der Waals surface area contributed by atoms with E-state index in [1.54, 1.807) is 30.1 Å². The molecule has 4 aromatic rings. The number of likely N-dealkylation sites (tertiary alicyclic amines) is 1. The number of nitrogens with one attached hydrogen (secondary N) is 2. The van der Waals surface area contributed by atoms with Crippen molar-refractivity contribution in [1.82, 2.24) is 20.4 Å². The molecule has 0 atom stereocenters. The zero-order chi connectivity index (χ0) is 37.4. The summed E-state index contributed by atoms with van der Waals surface area (Å²) in [5.41, 5.74) is 3.51. The van der Waals surface area contributed by atoms with Crippen molar-refractivity contribution in [2.75, 3.05) is 58.3 Å². The Kier molecular flexibility index (Phi) is 12.4. The number of piperidine rings is 1. The fourth-order valence-corrected chi connectivity index (χ4v) is 8.86. The molecule has 0 saturated carbocycles. The molecule has 11 heteroatoms. The molecule has 1 fully saturated rings. The molecule has 278 valence electrons. The minimum Gasteiger partial charge on any atom is -0.355 e. The molecular weight excluding hydrogens is 687 g/mol. The molecule has 0 radical (unpaired) electrons. The number of nitrogens with zero attached hydrogens (tertiary/aromatic N) is 3. The van der Waals surface area contributed by atoms with Gasteiger partial charge in [0.2, 0.25) is 15.7 Å². The van der Waals surface area contributed by atoms with Crippen LogP contribution in [0.1, 0.15) is 56.7 Å². The van der Waals surface area contributed by atoms with Gasteiger partial charge in [0.1, 0.15) is 0 Å². The lowest BCUT2D eigenvalue weighted by atomic mass is 9.90. The number of hydrogen-bond donors (Lipinski definition) is 2. The van der Waals surface area contributed by atoms with Gasteiger partial charge in [-0.15, -0.1) is 0 Å². The van der Waals surface area contributed by atoms with Gasteiger partial charge in [-0.05, 0) is 105 Å². The number of carbonyl (C=O) groups excluding carboxylic acids is 3. The third-order valence-electron chi connectivity index (χ3n) is 10.3. The molecule has 0 spiro atoms. The minimum absolute atomic E-state index is 0.0273. The highest BCUT2D eigenvalue weighted by molar-refractivity contribution is 7.91. The van der Waals surface area contributed by atoms with Crippen molar-refractivity contribution in [3.05, 3.63) is 125 Å². The van der Waals surface area contributed by atoms with Gasteiger partial charge in [-0.25, -0.2) is 8.42 Å². The average Bonchev–Trinajstić information content (AvgIpc) is 3.24. The molecule has 10 nitrogen and oxygen atoms in total. The van der Waals surface area contributed by atoms with Crippen LogP contribution < -0.4 is 15.5 Å². The number of benzene rings is 4. The Hall–Kier alpha value is -4.84. The maximum atomic E-state index is 14.2. The molecule has 2 aliphatic heterocycles. The zero-order valence-electron chi connectivity index (χ0n) is 30.6. The van der Waals surface area contributed by atoms with E-state index in [0.29, 0.717) is 31.1 Å². The molecule has 0 aromatic heterocycles. The van der Waals surface area contributed by atoms with Gasteiger partial charge >= 0.3 is 0 Å². The number of amides is 3. The number of sulfone groups is 1. The van der Waals surface area contributed by atoms with Crippen LogP contribution in [0.2, 0.25) is 0 Å². The van der Waals surface area contributed by atoms with Crippen LogP contribution in [0.15, 0.2) is 107 Å². The molecule has 53 heavy (non-hydrogen) atoms. The maximum Gasteiger partial charge on any atom is 0.259 e. The number of likely N-dealkylation sites (N-methyl/N-ethyl adjacent to an activating group) is 1. The van der Waals surface area contributed by atoms with Crippen molar-refractivity contribution in [3.63, 3.8) is 0 Å². The van der Waals surface area contributed by atoms with Crippen LogP contribution in [-0.4, -0.2) is 89.3 Å². The van der Waals surface area contributed by atoms with Gasteiger partial charge in [0.05, 0.1) is 34.0 Å². The summed E-state index contributed by atoms with van der Waals surface area (Å²) in [7, 11) is -0.494. The highest BCUT2D eigenvalue weighted by Gasteiger charge is 2.36. The Morgan fingerprint density at radius 1 is 0.830 bits per heavy atom. The summed E-state index contributed by atoms with van der Waals surface area (Å²) >= 11 is 0. The van der Waals surface area contributed by atoms with E-state index >= 15 is 0 Å². The molecule has 6 rings (SSSR count). The first-order valence-corrected chi connectivity index (χ1v) is 19.9. The van der Waals surface area contributed by atoms with Gasteiger partial charge in [-0.1, -0.05) is 66.7 Å². The van der Waals surface area contributed by atoms with Crippen molar-refractivity contribution < 1.29 is 22.8 Å². The second kappa shape index (κ2) is 17.3. The van der Waals surface area contributed by atoms with Crippen molar-refractivity contribution in [2.45, 2.75) is 48.4 Å². The van der Waals surface area contributed by atoms with Crippen LogP contribution in [0.3, 0.4) is 0 Å². The van der Waals surface area contributed by atoms with E-state index in [1.807, 2.05) is 31.3 Å². The topological polar surface area (TPSA) is 119 Å². The van der Waals surface area contributed by atoms with Crippen molar-refractivity contribution in [2.24, 2.45) is 5.92 Å². The van der Waals surface area contributed by atoms with Crippen LogP contribution in [0.5, 0.6) is 0 Å². The normalized spacial score (nSPS) is 15.7. The smallest absolute Gasteiger partial charge is 0.259 e. The fourth-order valence-electron chi connectivity index (χ4n) is 7.23. The van der Waals surface area contributed by atoms with E-state index in [2.05, 4.69) is 45.9 Å². The zero-order valence-corrected chi connectivity index (χ0v) is 31.4. The summed E-state index contributed by atoms with van der Waals surface area (Å²) in [6.07, 6.45) is 4.48. The molecule has 2 aliphatic rings. The molecule has 0 aliphatic carbocycles. The van der Waals surface area contributed by atoms with Gasteiger partial charge in [0, 0.05) is 32.2 Å². The van der Waals surface area contributed by atoms with Crippen molar-refractivity contribution in [1.29, 1.82) is 0 Å². The number of rotatable bonds is 14. The molecule has 4 aromatic carbocycles. The standard InChI is InChI=1S/C42H49N5O5S/c1-43-21-22-44-40(48)28-32-13-15-34(16-14-32)30-47-37-29-35(17-18-39(37)53(51,52)38-12-7-6-11-36(38)42(47)50)41(49)45(2)23-8-24-46-25-19-33(20-26-46)27-31-9-4-3-5-10-31/h3-7,9-18,29,33,43H,8,19-28,30H2,1-2H3,(H,44,48). The van der Waals surface area contributed by atoms with E-state index in [0.717, 1.165) is 43.6 Å². The molecule has 0 unspecified atom stereocenters. The van der Waals surface area contributed by atoms with Crippen LogP contribution in [0.25, 0.3) is 0 Å². The summed E-state index contributed by atoms with van der Waals surface area (Å²) in [6, 6.07) is 28.8. The first-order chi connectivity index (χ1) is 25.6. The number of anilines is 1. The van der Waals surface area contributed by atoms with Gasteiger partial charge < -0.3 is 25.3 Å². The molecular formula is C42H49N5O5S. The lowest BCUT2D eigenvalue weighted by Gasteiger charge is -2.32. The lowest BCUT2D eigenvalue weighted by Crippen LogP contribution is -2.37. The van der Waals surface area contributed by atoms with Crippen LogP contribution in [0, 0.1) is 5.92 Å². The highest BCUT2D eigenvalue weighted by Crippen LogP contribution is 2.38. The van der Waals surface area contributed by atoms with Crippen LogP contribution in [0.4, 0.5) is 5.69 Å². The number of hydrogen-bond acceptors (Lipinski definition) is 7. The SMILES string of the molecule is CNCCNC(=O)Cc1ccc(CN2C(=O)c3ccccc3S(=O)(=O)c3ccc(C(=O)N(C)CCCN4CCC(Cc5ccccc5)CC4)cc32)cc1. The summed E-state index contributed by atoms with van der Waals surface area (Å²) in [4.78, 5) is 45.8. The highest BCUT2D eigenvalue weighted by atomic mass is 32.2. The Morgan fingerprint density at radius 3 is 2.26 bits per heavy atom. The number of carbonyl (C=O) groups is 3. The third kappa shape index (κ3) is 9.22.